The fraction of sp³-hybridized carbons (Fsp3) is 0.481. The molecule has 2 aromatic carbocycles. The van der Waals surface area contributed by atoms with E-state index in [4.69, 9.17) is 9.47 Å². The van der Waals surface area contributed by atoms with Crippen molar-refractivity contribution in [2.24, 2.45) is 0 Å². The zero-order valence-corrected chi connectivity index (χ0v) is 20.0. The molecule has 2 aliphatic rings. The number of nitrogens with zero attached hydrogens (tertiary/aromatic N) is 2. The highest BCUT2D eigenvalue weighted by Gasteiger charge is 2.59. The summed E-state index contributed by atoms with van der Waals surface area (Å²) >= 11 is 0. The summed E-state index contributed by atoms with van der Waals surface area (Å²) in [5.74, 6) is 0.261. The lowest BCUT2D eigenvalue weighted by molar-refractivity contribution is -0.149. The Morgan fingerprint density at radius 1 is 1.09 bits per heavy atom. The van der Waals surface area contributed by atoms with Crippen LogP contribution in [0.5, 0.6) is 5.75 Å². The van der Waals surface area contributed by atoms with Crippen molar-refractivity contribution in [3.05, 3.63) is 65.7 Å². The average Bonchev–Trinajstić information content (AvgIpc) is 2.83. The molecule has 1 heterocycles. The summed E-state index contributed by atoms with van der Waals surface area (Å²) in [6.07, 6.45) is 3.43. The number of amides is 1. The van der Waals surface area contributed by atoms with E-state index in [9.17, 15) is 9.59 Å². The lowest BCUT2D eigenvalue weighted by Gasteiger charge is -2.60. The molecule has 33 heavy (non-hydrogen) atoms. The van der Waals surface area contributed by atoms with E-state index in [1.807, 2.05) is 67.6 Å². The van der Waals surface area contributed by atoms with Crippen LogP contribution in [0.4, 0.5) is 0 Å². The predicted molar refractivity (Wildman–Crippen MR) is 127 cm³/mol. The molecule has 0 radical (unpaired) electrons. The van der Waals surface area contributed by atoms with Crippen molar-refractivity contribution in [2.75, 3.05) is 34.3 Å². The van der Waals surface area contributed by atoms with E-state index in [-0.39, 0.29) is 28.9 Å². The Morgan fingerprint density at radius 2 is 1.85 bits per heavy atom. The molecule has 0 bridgehead atoms. The van der Waals surface area contributed by atoms with Crippen LogP contribution in [0.25, 0.3) is 0 Å². The summed E-state index contributed by atoms with van der Waals surface area (Å²) in [6, 6.07) is 17.4. The fourth-order valence-electron chi connectivity index (χ4n) is 5.98. The molecule has 2 aromatic rings. The monoisotopic (exact) mass is 450 g/mol. The van der Waals surface area contributed by atoms with Gasteiger partial charge in [-0.05, 0) is 69.1 Å². The minimum Gasteiger partial charge on any atom is -0.427 e. The first-order chi connectivity index (χ1) is 15.8. The second kappa shape index (κ2) is 9.27. The van der Waals surface area contributed by atoms with Crippen molar-refractivity contribution in [1.82, 2.24) is 9.80 Å². The zero-order chi connectivity index (χ0) is 23.6. The summed E-state index contributed by atoms with van der Waals surface area (Å²) in [4.78, 5) is 29.1. The number of hydrogen-bond donors (Lipinski definition) is 0. The number of benzene rings is 2. The van der Waals surface area contributed by atoms with Crippen molar-refractivity contribution in [3.8, 4) is 5.75 Å². The van der Waals surface area contributed by atoms with Crippen LogP contribution in [-0.2, 0) is 14.9 Å². The summed E-state index contributed by atoms with van der Waals surface area (Å²) in [7, 11) is 5.86. The molecule has 3 atom stereocenters. The first-order valence-corrected chi connectivity index (χ1v) is 11.7. The number of esters is 1. The highest BCUT2D eigenvalue weighted by Crippen LogP contribution is 2.54. The van der Waals surface area contributed by atoms with E-state index in [1.165, 1.54) is 6.92 Å². The van der Waals surface area contributed by atoms with E-state index in [1.54, 1.807) is 0 Å². The minimum atomic E-state index is -0.373. The van der Waals surface area contributed by atoms with Gasteiger partial charge in [0.05, 0.1) is 5.60 Å². The van der Waals surface area contributed by atoms with Crippen molar-refractivity contribution in [3.63, 3.8) is 0 Å². The summed E-state index contributed by atoms with van der Waals surface area (Å²) in [6.45, 7) is 3.18. The van der Waals surface area contributed by atoms with Gasteiger partial charge in [0.2, 0.25) is 0 Å². The van der Waals surface area contributed by atoms with Crippen LogP contribution >= 0.6 is 0 Å². The predicted octanol–water partition coefficient (Wildman–Crippen LogP) is 3.90. The topological polar surface area (TPSA) is 59.1 Å². The Bertz CT molecular complexity index is 1010. The number of rotatable bonds is 5. The van der Waals surface area contributed by atoms with Crippen LogP contribution in [0.3, 0.4) is 0 Å². The molecule has 0 aromatic heterocycles. The van der Waals surface area contributed by atoms with Gasteiger partial charge in [-0.15, -0.1) is 0 Å². The summed E-state index contributed by atoms with van der Waals surface area (Å²) < 4.78 is 11.8. The Kier molecular flexibility index (Phi) is 6.59. The van der Waals surface area contributed by atoms with Crippen molar-refractivity contribution in [2.45, 2.75) is 49.7 Å². The van der Waals surface area contributed by atoms with Gasteiger partial charge >= 0.3 is 5.97 Å². The van der Waals surface area contributed by atoms with E-state index < -0.39 is 0 Å². The smallest absolute Gasteiger partial charge is 0.308 e. The normalized spacial score (nSPS) is 27.5. The number of piperidine rings is 1. The molecule has 6 nitrogen and oxygen atoms in total. The first kappa shape index (κ1) is 23.5. The van der Waals surface area contributed by atoms with Crippen LogP contribution in [-0.4, -0.2) is 67.6 Å². The minimum absolute atomic E-state index is 0.0438. The van der Waals surface area contributed by atoms with Gasteiger partial charge in [-0.3, -0.25) is 9.59 Å². The number of ether oxygens (including phenoxy) is 2. The molecular formula is C27H34N2O4. The Morgan fingerprint density at radius 3 is 2.55 bits per heavy atom. The molecule has 176 valence electrons. The third-order valence-electron chi connectivity index (χ3n) is 7.71. The molecule has 1 aliphatic heterocycles. The third kappa shape index (κ3) is 4.30. The molecule has 2 unspecified atom stereocenters. The molecule has 0 N–H and O–H groups in total. The number of likely N-dealkylation sites (tertiary alicyclic amines) is 1. The van der Waals surface area contributed by atoms with Crippen molar-refractivity contribution >= 4 is 11.9 Å². The van der Waals surface area contributed by atoms with Gasteiger partial charge in [-0.1, -0.05) is 30.3 Å². The highest BCUT2D eigenvalue weighted by atomic mass is 16.5. The van der Waals surface area contributed by atoms with Crippen molar-refractivity contribution < 1.29 is 19.1 Å². The van der Waals surface area contributed by atoms with E-state index >= 15 is 0 Å². The Balaban J connectivity index is 1.73. The number of carbonyl (C=O) groups is 2. The largest absolute Gasteiger partial charge is 0.427 e. The quantitative estimate of drug-likeness (QED) is 0.511. The second-order valence-corrected chi connectivity index (χ2v) is 9.57. The SMILES string of the molecule is COC12CC[C@H](N(C)C(=O)c3ccccc3)CC1(c1cccc(OC(C)=O)c1)CCN(C)C2. The van der Waals surface area contributed by atoms with Gasteiger partial charge in [0, 0.05) is 44.6 Å². The summed E-state index contributed by atoms with van der Waals surface area (Å²) in [5, 5.41) is 0. The van der Waals surface area contributed by atoms with Gasteiger partial charge in [0.1, 0.15) is 5.75 Å². The van der Waals surface area contributed by atoms with Crippen LogP contribution < -0.4 is 4.74 Å². The molecule has 2 fully saturated rings. The average molecular weight is 451 g/mol. The third-order valence-corrected chi connectivity index (χ3v) is 7.71. The number of carbonyl (C=O) groups excluding carboxylic acids is 2. The molecular weight excluding hydrogens is 416 g/mol. The van der Waals surface area contributed by atoms with Gasteiger partial charge in [-0.2, -0.15) is 0 Å². The van der Waals surface area contributed by atoms with Crippen LogP contribution in [0.2, 0.25) is 0 Å². The number of likely N-dealkylation sites (N-methyl/N-ethyl adjacent to an activating group) is 1. The molecule has 4 rings (SSSR count). The highest BCUT2D eigenvalue weighted by molar-refractivity contribution is 5.94. The molecule has 6 heteroatoms. The van der Waals surface area contributed by atoms with Crippen molar-refractivity contribution in [1.29, 1.82) is 0 Å². The van der Waals surface area contributed by atoms with E-state index in [2.05, 4.69) is 18.0 Å². The lowest BCUT2D eigenvalue weighted by Crippen LogP contribution is -2.67. The van der Waals surface area contributed by atoms with Gasteiger partial charge in [-0.25, -0.2) is 0 Å². The lowest BCUT2D eigenvalue weighted by atomic mass is 9.55. The maximum atomic E-state index is 13.3. The van der Waals surface area contributed by atoms with Crippen LogP contribution in [0.1, 0.15) is 48.5 Å². The first-order valence-electron chi connectivity index (χ1n) is 11.7. The zero-order valence-electron chi connectivity index (χ0n) is 20.0. The molecule has 1 aliphatic carbocycles. The molecule has 1 amide bonds. The van der Waals surface area contributed by atoms with E-state index in [0.29, 0.717) is 11.3 Å². The fourth-order valence-corrected chi connectivity index (χ4v) is 5.98. The standard InChI is InChI=1S/C27H34N2O4/c1-20(30)33-24-12-8-11-22(17-24)26-15-16-28(2)19-27(26,32-4)14-13-23(18-26)29(3)25(31)21-9-6-5-7-10-21/h5-12,17,23H,13-16,18-19H2,1-4H3/t23-,26?,27?/m0/s1. The van der Waals surface area contributed by atoms with Crippen LogP contribution in [0, 0.1) is 0 Å². The Hall–Kier alpha value is -2.70. The summed E-state index contributed by atoms with van der Waals surface area (Å²) in [5.41, 5.74) is 1.15. The van der Waals surface area contributed by atoms with E-state index in [0.717, 1.165) is 44.3 Å². The van der Waals surface area contributed by atoms with Gasteiger partial charge < -0.3 is 19.3 Å². The van der Waals surface area contributed by atoms with Gasteiger partial charge in [0.25, 0.3) is 5.91 Å². The number of fused-ring (bicyclic) bond motifs is 1. The van der Waals surface area contributed by atoms with Gasteiger partial charge in [0.15, 0.2) is 0 Å². The number of methoxy groups -OCH3 is 1. The molecule has 0 spiro atoms. The maximum Gasteiger partial charge on any atom is 0.308 e. The second-order valence-electron chi connectivity index (χ2n) is 9.57. The molecule has 1 saturated carbocycles. The number of hydrogen-bond acceptors (Lipinski definition) is 5. The molecule has 1 saturated heterocycles. The maximum absolute atomic E-state index is 13.3. The van der Waals surface area contributed by atoms with Crippen LogP contribution in [0.15, 0.2) is 54.6 Å². The Labute approximate surface area is 196 Å².